The monoisotopic (exact) mass is 384 g/mol. The smallest absolute Gasteiger partial charge is 0.303 e. The largest absolute Gasteiger partial charge is 0.481 e. The molecule has 0 saturated carbocycles. The predicted octanol–water partition coefficient (Wildman–Crippen LogP) is 4.23. The number of hydrogen-bond acceptors (Lipinski definition) is 6. The molecule has 1 fully saturated rings. The topological polar surface area (TPSA) is 92.4 Å². The van der Waals surface area contributed by atoms with Gasteiger partial charge in [0.2, 0.25) is 0 Å². The maximum atomic E-state index is 10.6. The highest BCUT2D eigenvalue weighted by molar-refractivity contribution is 7.09. The van der Waals surface area contributed by atoms with Gasteiger partial charge in [-0.25, -0.2) is 0 Å². The zero-order valence-corrected chi connectivity index (χ0v) is 15.5. The van der Waals surface area contributed by atoms with E-state index in [9.17, 15) is 4.79 Å². The van der Waals surface area contributed by atoms with Crippen LogP contribution < -0.4 is 0 Å². The van der Waals surface area contributed by atoms with Gasteiger partial charge in [0.15, 0.2) is 6.29 Å². The molecule has 3 rings (SSSR count). The predicted molar refractivity (Wildman–Crippen MR) is 99.9 cm³/mol. The molecule has 0 spiro atoms. The molecule has 0 bridgehead atoms. The van der Waals surface area contributed by atoms with Gasteiger partial charge in [-0.05, 0) is 25.0 Å². The summed E-state index contributed by atoms with van der Waals surface area (Å²) in [6.07, 6.45) is 6.46. The SMILES string of the molecule is N#Cc1ccc([C@H]2OC[C@@H](C/C=C\CCC(=O)O)[C@@H](c3cncs3)O2)cc1. The number of carbonyl (C=O) groups is 1. The van der Waals surface area contributed by atoms with Gasteiger partial charge in [0.1, 0.15) is 6.10 Å². The van der Waals surface area contributed by atoms with Gasteiger partial charge in [-0.2, -0.15) is 5.26 Å². The number of thiazole rings is 1. The number of nitriles is 1. The van der Waals surface area contributed by atoms with Crippen molar-refractivity contribution in [3.8, 4) is 6.07 Å². The zero-order chi connectivity index (χ0) is 19.1. The molecule has 1 aliphatic heterocycles. The van der Waals surface area contributed by atoms with E-state index >= 15 is 0 Å². The van der Waals surface area contributed by atoms with Crippen LogP contribution in [-0.2, 0) is 14.3 Å². The molecule has 1 saturated heterocycles. The molecule has 0 radical (unpaired) electrons. The number of benzene rings is 1. The Kier molecular flexibility index (Phi) is 6.71. The first-order valence-corrected chi connectivity index (χ1v) is 9.57. The van der Waals surface area contributed by atoms with Crippen LogP contribution in [0.2, 0.25) is 0 Å². The number of rotatable bonds is 7. The summed E-state index contributed by atoms with van der Waals surface area (Å²) in [7, 11) is 0. The van der Waals surface area contributed by atoms with Crippen molar-refractivity contribution in [2.75, 3.05) is 6.61 Å². The van der Waals surface area contributed by atoms with Crippen molar-refractivity contribution in [2.24, 2.45) is 5.92 Å². The minimum absolute atomic E-state index is 0.126. The highest BCUT2D eigenvalue weighted by Gasteiger charge is 2.34. The van der Waals surface area contributed by atoms with Gasteiger partial charge in [-0.3, -0.25) is 9.78 Å². The molecule has 0 amide bonds. The van der Waals surface area contributed by atoms with E-state index in [1.165, 1.54) is 0 Å². The van der Waals surface area contributed by atoms with E-state index < -0.39 is 12.3 Å². The Labute approximate surface area is 161 Å². The van der Waals surface area contributed by atoms with Crippen LogP contribution in [-0.4, -0.2) is 22.7 Å². The van der Waals surface area contributed by atoms with Crippen LogP contribution in [0.25, 0.3) is 0 Å². The molecule has 2 aromatic rings. The fraction of sp³-hybridized carbons (Fsp3) is 0.350. The van der Waals surface area contributed by atoms with E-state index in [1.54, 1.807) is 29.0 Å². The van der Waals surface area contributed by atoms with Gasteiger partial charge < -0.3 is 14.6 Å². The molecule has 1 N–H and O–H groups in total. The van der Waals surface area contributed by atoms with Crippen molar-refractivity contribution in [3.63, 3.8) is 0 Å². The number of nitrogens with zero attached hydrogens (tertiary/aromatic N) is 2. The number of hydrogen-bond donors (Lipinski definition) is 1. The van der Waals surface area contributed by atoms with Crippen molar-refractivity contribution in [1.29, 1.82) is 5.26 Å². The Morgan fingerprint density at radius 2 is 2.19 bits per heavy atom. The standard InChI is InChI=1S/C20H20N2O4S/c21-10-14-6-8-15(9-7-14)20-25-12-16(4-2-1-3-5-18(23)24)19(26-20)17-11-22-13-27-17/h1-2,6-9,11,13,16,19-20H,3-5,12H2,(H,23,24)/b2-1-/t16-,19+,20+/m1/s1. The van der Waals surface area contributed by atoms with Gasteiger partial charge in [-0.1, -0.05) is 24.3 Å². The molecule has 7 heteroatoms. The molecule has 27 heavy (non-hydrogen) atoms. The van der Waals surface area contributed by atoms with Crippen LogP contribution in [0.3, 0.4) is 0 Å². The van der Waals surface area contributed by atoms with Crippen LogP contribution in [0.1, 0.15) is 47.7 Å². The van der Waals surface area contributed by atoms with Crippen molar-refractivity contribution in [1.82, 2.24) is 4.98 Å². The second-order valence-corrected chi connectivity index (χ2v) is 7.18. The summed E-state index contributed by atoms with van der Waals surface area (Å²) in [5.74, 6) is -0.669. The zero-order valence-electron chi connectivity index (χ0n) is 14.7. The summed E-state index contributed by atoms with van der Waals surface area (Å²) in [6, 6.07) is 9.30. The quantitative estimate of drug-likeness (QED) is 0.718. The summed E-state index contributed by atoms with van der Waals surface area (Å²) < 4.78 is 12.2. The average molecular weight is 384 g/mol. The van der Waals surface area contributed by atoms with E-state index in [0.29, 0.717) is 18.6 Å². The Balaban J connectivity index is 1.67. The van der Waals surface area contributed by atoms with Gasteiger partial charge >= 0.3 is 5.97 Å². The lowest BCUT2D eigenvalue weighted by molar-refractivity contribution is -0.243. The summed E-state index contributed by atoms with van der Waals surface area (Å²) in [5.41, 5.74) is 3.25. The highest BCUT2D eigenvalue weighted by Crippen LogP contribution is 2.41. The van der Waals surface area contributed by atoms with Crippen molar-refractivity contribution in [3.05, 3.63) is 64.1 Å². The lowest BCUT2D eigenvalue weighted by Crippen LogP contribution is -2.30. The van der Waals surface area contributed by atoms with Crippen molar-refractivity contribution >= 4 is 17.3 Å². The molecule has 1 aromatic carbocycles. The third-order valence-electron chi connectivity index (χ3n) is 4.33. The Bertz CT molecular complexity index is 812. The minimum atomic E-state index is -0.795. The molecule has 140 valence electrons. The first-order chi connectivity index (χ1) is 13.2. The molecule has 1 aliphatic rings. The molecule has 6 nitrogen and oxygen atoms in total. The van der Waals surface area contributed by atoms with Gasteiger partial charge in [0.05, 0.1) is 28.6 Å². The summed E-state index contributed by atoms with van der Waals surface area (Å²) in [4.78, 5) is 15.8. The van der Waals surface area contributed by atoms with Crippen LogP contribution in [0, 0.1) is 17.2 Å². The van der Waals surface area contributed by atoms with E-state index in [2.05, 4.69) is 11.1 Å². The first kappa shape index (κ1) is 19.2. The number of ether oxygens (including phenoxy) is 2. The van der Waals surface area contributed by atoms with E-state index in [0.717, 1.165) is 16.9 Å². The van der Waals surface area contributed by atoms with Crippen LogP contribution in [0.5, 0.6) is 0 Å². The van der Waals surface area contributed by atoms with Crippen molar-refractivity contribution < 1.29 is 19.4 Å². The third kappa shape index (κ3) is 5.23. The number of allylic oxidation sites excluding steroid dienone is 2. The highest BCUT2D eigenvalue weighted by atomic mass is 32.1. The fourth-order valence-corrected chi connectivity index (χ4v) is 3.67. The van der Waals surface area contributed by atoms with Crippen LogP contribution >= 0.6 is 11.3 Å². The maximum Gasteiger partial charge on any atom is 0.303 e. The summed E-state index contributed by atoms with van der Waals surface area (Å²) in [6.45, 7) is 0.524. The Morgan fingerprint density at radius 1 is 1.37 bits per heavy atom. The van der Waals surface area contributed by atoms with Crippen LogP contribution in [0.4, 0.5) is 0 Å². The van der Waals surface area contributed by atoms with Gasteiger partial charge in [0, 0.05) is 24.1 Å². The fourth-order valence-electron chi connectivity index (χ4n) is 2.92. The normalized spacial score (nSPS) is 22.6. The lowest BCUT2D eigenvalue weighted by Gasteiger charge is -2.36. The maximum absolute atomic E-state index is 10.6. The molecule has 0 aliphatic carbocycles. The Morgan fingerprint density at radius 3 is 2.85 bits per heavy atom. The number of aromatic nitrogens is 1. The molecule has 3 atom stereocenters. The molecule has 2 heterocycles. The minimum Gasteiger partial charge on any atom is -0.481 e. The molecular weight excluding hydrogens is 364 g/mol. The summed E-state index contributed by atoms with van der Waals surface area (Å²) >= 11 is 1.55. The average Bonchev–Trinajstić information content (AvgIpc) is 3.22. The lowest BCUT2D eigenvalue weighted by atomic mass is 9.96. The van der Waals surface area contributed by atoms with Crippen molar-refractivity contribution in [2.45, 2.75) is 31.7 Å². The number of carboxylic acids is 1. The van der Waals surface area contributed by atoms with Crippen LogP contribution in [0.15, 0.2) is 48.1 Å². The number of carboxylic acid groups (broad SMARTS) is 1. The second-order valence-electron chi connectivity index (χ2n) is 6.26. The molecular formula is C20H20N2O4S. The van der Waals surface area contributed by atoms with Gasteiger partial charge in [0.25, 0.3) is 0 Å². The molecule has 0 unspecified atom stereocenters. The second kappa shape index (κ2) is 9.42. The first-order valence-electron chi connectivity index (χ1n) is 8.69. The van der Waals surface area contributed by atoms with E-state index in [1.807, 2.05) is 30.5 Å². The van der Waals surface area contributed by atoms with E-state index in [-0.39, 0.29) is 18.4 Å². The third-order valence-corrected chi connectivity index (χ3v) is 5.17. The number of aliphatic carboxylic acids is 1. The van der Waals surface area contributed by atoms with E-state index in [4.69, 9.17) is 19.8 Å². The Hall–Kier alpha value is -2.53. The van der Waals surface area contributed by atoms with Gasteiger partial charge in [-0.15, -0.1) is 11.3 Å². The summed E-state index contributed by atoms with van der Waals surface area (Å²) in [5, 5.41) is 17.6. The molecule has 1 aromatic heterocycles.